The van der Waals surface area contributed by atoms with Crippen LogP contribution in [0.4, 0.5) is 0 Å². The Balaban J connectivity index is 0. The predicted octanol–water partition coefficient (Wildman–Crippen LogP) is -1.32. The number of hydrogen-bond donors (Lipinski definition) is 1. The molecule has 0 aliphatic rings. The molecule has 0 saturated heterocycles. The molecule has 0 saturated carbocycles. The SMILES string of the molecule is CNOC.CO[SiH3]. The number of nitrogens with one attached hydrogen (secondary N) is 1. The summed E-state index contributed by atoms with van der Waals surface area (Å²) in [7, 11) is 5.83. The van der Waals surface area contributed by atoms with Gasteiger partial charge in [-0.2, -0.15) is 0 Å². The Bertz CT molecular complexity index is 20.4. The molecule has 0 spiro atoms. The molecule has 0 bridgehead atoms. The van der Waals surface area contributed by atoms with E-state index in [0.29, 0.717) is 0 Å². The lowest BCUT2D eigenvalue weighted by molar-refractivity contribution is 0.112. The highest BCUT2D eigenvalue weighted by molar-refractivity contribution is 5.97. The van der Waals surface area contributed by atoms with Gasteiger partial charge < -0.3 is 9.26 Å². The van der Waals surface area contributed by atoms with Crippen molar-refractivity contribution in [3.63, 3.8) is 0 Å². The summed E-state index contributed by atoms with van der Waals surface area (Å²) in [5.41, 5.74) is 2.43. The maximum Gasteiger partial charge on any atom is 0.145 e. The highest BCUT2D eigenvalue weighted by Crippen LogP contribution is 1.32. The number of rotatable bonds is 1. The van der Waals surface area contributed by atoms with Crippen LogP contribution in [0.15, 0.2) is 0 Å². The smallest absolute Gasteiger partial charge is 0.145 e. The van der Waals surface area contributed by atoms with Crippen molar-refractivity contribution >= 4 is 10.5 Å². The summed E-state index contributed by atoms with van der Waals surface area (Å²) >= 11 is 0. The molecule has 0 fully saturated rings. The average molecular weight is 123 g/mol. The van der Waals surface area contributed by atoms with Crippen molar-refractivity contribution in [2.24, 2.45) is 0 Å². The van der Waals surface area contributed by atoms with Crippen LogP contribution < -0.4 is 5.48 Å². The molecule has 0 amide bonds. The molecule has 0 atom stereocenters. The highest BCUT2D eigenvalue weighted by Gasteiger charge is 1.45. The number of hydroxylamine groups is 1. The van der Waals surface area contributed by atoms with Gasteiger partial charge in [0.1, 0.15) is 10.5 Å². The molecule has 1 N–H and O–H groups in total. The highest BCUT2D eigenvalue weighted by atomic mass is 28.2. The third-order valence-electron chi connectivity index (χ3n) is 0.204. The third-order valence-corrected chi connectivity index (χ3v) is 0.204. The molecule has 0 heterocycles. The van der Waals surface area contributed by atoms with Crippen LogP contribution in [-0.2, 0) is 9.26 Å². The molecule has 0 unspecified atom stereocenters. The minimum Gasteiger partial charge on any atom is -0.431 e. The minimum absolute atomic E-state index is 0.869. The van der Waals surface area contributed by atoms with Gasteiger partial charge in [0.2, 0.25) is 0 Å². The summed E-state index contributed by atoms with van der Waals surface area (Å²) in [5, 5.41) is 0. The van der Waals surface area contributed by atoms with Gasteiger partial charge in [0.05, 0.1) is 7.11 Å². The van der Waals surface area contributed by atoms with Crippen molar-refractivity contribution in [3.8, 4) is 0 Å². The van der Waals surface area contributed by atoms with Crippen molar-refractivity contribution in [2.45, 2.75) is 0 Å². The second kappa shape index (κ2) is 16.5. The first-order chi connectivity index (χ1) is 3.33. The molecule has 0 aromatic carbocycles. The van der Waals surface area contributed by atoms with Gasteiger partial charge in [0.25, 0.3) is 0 Å². The molecule has 3 nitrogen and oxygen atoms in total. The lowest BCUT2D eigenvalue weighted by Gasteiger charge is -1.80. The summed E-state index contributed by atoms with van der Waals surface area (Å²) in [5.74, 6) is 0. The molecule has 0 aliphatic carbocycles. The van der Waals surface area contributed by atoms with E-state index in [1.54, 1.807) is 21.3 Å². The van der Waals surface area contributed by atoms with Crippen molar-refractivity contribution < 1.29 is 9.26 Å². The van der Waals surface area contributed by atoms with Crippen molar-refractivity contribution in [1.82, 2.24) is 5.48 Å². The van der Waals surface area contributed by atoms with E-state index in [4.69, 9.17) is 0 Å². The third kappa shape index (κ3) is 85.1. The van der Waals surface area contributed by atoms with E-state index in [0.717, 1.165) is 10.5 Å². The lowest BCUT2D eigenvalue weighted by Crippen LogP contribution is -2.00. The molecule has 46 valence electrons. The van der Waals surface area contributed by atoms with E-state index in [9.17, 15) is 0 Å². The fraction of sp³-hybridized carbons (Fsp3) is 1.00. The van der Waals surface area contributed by atoms with Crippen LogP contribution >= 0.6 is 0 Å². The molecule has 0 aliphatic heterocycles. The van der Waals surface area contributed by atoms with Gasteiger partial charge in [-0.15, -0.1) is 0 Å². The quantitative estimate of drug-likeness (QED) is 0.346. The monoisotopic (exact) mass is 123 g/mol. The van der Waals surface area contributed by atoms with E-state index >= 15 is 0 Å². The van der Waals surface area contributed by atoms with Gasteiger partial charge in [-0.3, -0.25) is 0 Å². The van der Waals surface area contributed by atoms with E-state index in [-0.39, 0.29) is 0 Å². The van der Waals surface area contributed by atoms with Gasteiger partial charge in [-0.1, -0.05) is 0 Å². The summed E-state index contributed by atoms with van der Waals surface area (Å²) < 4.78 is 4.39. The van der Waals surface area contributed by atoms with Crippen molar-refractivity contribution in [3.05, 3.63) is 0 Å². The number of hydrogen-bond acceptors (Lipinski definition) is 3. The molecular formula is C3H13NO2Si. The van der Waals surface area contributed by atoms with Crippen LogP contribution in [-0.4, -0.2) is 31.8 Å². The topological polar surface area (TPSA) is 30.5 Å². The Hall–Kier alpha value is 0.0969. The maximum atomic E-state index is 4.39. The Morgan fingerprint density at radius 2 is 1.57 bits per heavy atom. The summed E-state index contributed by atoms with van der Waals surface area (Å²) in [4.78, 5) is 4.29. The van der Waals surface area contributed by atoms with Crippen molar-refractivity contribution in [1.29, 1.82) is 0 Å². The molecule has 0 aromatic heterocycles. The van der Waals surface area contributed by atoms with E-state index < -0.39 is 0 Å². The van der Waals surface area contributed by atoms with Crippen LogP contribution in [0.5, 0.6) is 0 Å². The standard InChI is InChI=1S/C2H7NO.CH6OSi/c1-3-4-2;1-2-3/h3H,1-2H3;1,3H3. The fourth-order valence-electron chi connectivity index (χ4n) is 0. The van der Waals surface area contributed by atoms with Crippen molar-refractivity contribution in [2.75, 3.05) is 21.3 Å². The average Bonchev–Trinajstić information content (AvgIpc) is 1.69. The largest absolute Gasteiger partial charge is 0.431 e. The maximum absolute atomic E-state index is 4.39. The second-order valence-corrected chi connectivity index (χ2v) is 1.63. The van der Waals surface area contributed by atoms with E-state index in [1.807, 2.05) is 0 Å². The molecule has 7 heavy (non-hydrogen) atoms. The first-order valence-corrected chi connectivity index (χ1v) is 2.75. The molecular weight excluding hydrogens is 110 g/mol. The first-order valence-electron chi connectivity index (χ1n) is 1.93. The summed E-state index contributed by atoms with van der Waals surface area (Å²) in [6.45, 7) is 0. The Kier molecular flexibility index (Phi) is 24.0. The fourth-order valence-corrected chi connectivity index (χ4v) is 0. The Labute approximate surface area is 47.5 Å². The summed E-state index contributed by atoms with van der Waals surface area (Å²) in [6, 6.07) is 0. The van der Waals surface area contributed by atoms with Crippen LogP contribution in [0.2, 0.25) is 0 Å². The molecule has 0 aromatic rings. The minimum atomic E-state index is 0.869. The van der Waals surface area contributed by atoms with Gasteiger partial charge >= 0.3 is 0 Å². The molecule has 0 rings (SSSR count). The van der Waals surface area contributed by atoms with Gasteiger partial charge in [0, 0.05) is 14.2 Å². The Morgan fingerprint density at radius 1 is 1.43 bits per heavy atom. The molecule has 0 radical (unpaired) electrons. The summed E-state index contributed by atoms with van der Waals surface area (Å²) in [6.07, 6.45) is 0. The normalized spacial score (nSPS) is 7.29. The van der Waals surface area contributed by atoms with Gasteiger partial charge in [-0.25, -0.2) is 5.48 Å². The lowest BCUT2D eigenvalue weighted by atomic mass is 11.5. The zero-order chi connectivity index (χ0) is 6.12. The first kappa shape index (κ1) is 10.2. The molecule has 4 heteroatoms. The zero-order valence-corrected chi connectivity index (χ0v) is 7.32. The van der Waals surface area contributed by atoms with E-state index in [2.05, 4.69) is 14.7 Å². The Morgan fingerprint density at radius 3 is 1.57 bits per heavy atom. The van der Waals surface area contributed by atoms with E-state index in [1.165, 1.54) is 0 Å². The predicted molar refractivity (Wildman–Crippen MR) is 33.0 cm³/mol. The van der Waals surface area contributed by atoms with Crippen LogP contribution in [0.3, 0.4) is 0 Å². The van der Waals surface area contributed by atoms with Crippen LogP contribution in [0.1, 0.15) is 0 Å². The van der Waals surface area contributed by atoms with Crippen LogP contribution in [0.25, 0.3) is 0 Å². The van der Waals surface area contributed by atoms with Gasteiger partial charge in [0.15, 0.2) is 0 Å². The zero-order valence-electron chi connectivity index (χ0n) is 5.32. The van der Waals surface area contributed by atoms with Gasteiger partial charge in [-0.05, 0) is 0 Å². The second-order valence-electron chi connectivity index (χ2n) is 0.816. The van der Waals surface area contributed by atoms with Crippen LogP contribution in [0, 0.1) is 0 Å².